The lowest BCUT2D eigenvalue weighted by atomic mass is 10.3. The smallest absolute Gasteiger partial charge is 0.321 e. The number of nitrogens with one attached hydrogen (secondary N) is 3. The van der Waals surface area contributed by atoms with E-state index in [-0.39, 0.29) is 17.5 Å². The van der Waals surface area contributed by atoms with Gasteiger partial charge in [0, 0.05) is 24.8 Å². The van der Waals surface area contributed by atoms with Crippen molar-refractivity contribution >= 4 is 27.6 Å². The molecule has 25 heavy (non-hydrogen) atoms. The van der Waals surface area contributed by atoms with Gasteiger partial charge in [-0.25, -0.2) is 13.2 Å². The first kappa shape index (κ1) is 19.2. The Labute approximate surface area is 148 Å². The number of imide groups is 1. The summed E-state index contributed by atoms with van der Waals surface area (Å²) in [5.41, 5.74) is 0.492. The van der Waals surface area contributed by atoms with Crippen LogP contribution in [0.3, 0.4) is 0 Å². The second-order valence-corrected chi connectivity index (χ2v) is 7.70. The molecule has 0 aromatic heterocycles. The molecular formula is C16H24N4O4S. The monoisotopic (exact) mass is 368 g/mol. The van der Waals surface area contributed by atoms with Crippen molar-refractivity contribution in [1.82, 2.24) is 14.9 Å². The van der Waals surface area contributed by atoms with Crippen molar-refractivity contribution in [1.29, 1.82) is 0 Å². The summed E-state index contributed by atoms with van der Waals surface area (Å²) in [6.45, 7) is 4.19. The largest absolute Gasteiger partial charge is 0.376 e. The van der Waals surface area contributed by atoms with E-state index in [9.17, 15) is 18.0 Å². The van der Waals surface area contributed by atoms with Crippen molar-refractivity contribution in [3.05, 3.63) is 24.3 Å². The Morgan fingerprint density at radius 1 is 1.20 bits per heavy atom. The van der Waals surface area contributed by atoms with Gasteiger partial charge in [0.15, 0.2) is 0 Å². The second kappa shape index (κ2) is 8.30. The second-order valence-electron chi connectivity index (χ2n) is 5.77. The maximum Gasteiger partial charge on any atom is 0.321 e. The average Bonchev–Trinajstić information content (AvgIpc) is 3.38. The number of hydrogen-bond acceptors (Lipinski definition) is 5. The topological polar surface area (TPSA) is 108 Å². The van der Waals surface area contributed by atoms with Crippen molar-refractivity contribution < 1.29 is 18.0 Å². The number of urea groups is 1. The van der Waals surface area contributed by atoms with Gasteiger partial charge in [-0.05, 0) is 31.0 Å². The lowest BCUT2D eigenvalue weighted by Crippen LogP contribution is -2.42. The van der Waals surface area contributed by atoms with Gasteiger partial charge in [-0.3, -0.25) is 10.1 Å². The summed E-state index contributed by atoms with van der Waals surface area (Å²) in [6, 6.07) is 5.93. The molecule has 8 nitrogen and oxygen atoms in total. The number of amides is 3. The lowest BCUT2D eigenvalue weighted by Gasteiger charge is -2.19. The van der Waals surface area contributed by atoms with E-state index in [0.717, 1.165) is 12.8 Å². The van der Waals surface area contributed by atoms with Crippen molar-refractivity contribution in [3.8, 4) is 0 Å². The quantitative estimate of drug-likeness (QED) is 0.637. The Hall–Kier alpha value is -2.13. The Balaban J connectivity index is 1.94. The van der Waals surface area contributed by atoms with Crippen LogP contribution in [0, 0.1) is 0 Å². The number of rotatable bonds is 8. The molecule has 3 N–H and O–H groups in total. The summed E-state index contributed by atoms with van der Waals surface area (Å²) in [5.74, 6) is -0.491. The minimum Gasteiger partial charge on any atom is -0.376 e. The van der Waals surface area contributed by atoms with E-state index >= 15 is 0 Å². The zero-order valence-corrected chi connectivity index (χ0v) is 15.2. The molecule has 0 atom stereocenters. The molecule has 3 amide bonds. The van der Waals surface area contributed by atoms with E-state index in [1.54, 1.807) is 26.0 Å². The molecule has 0 radical (unpaired) electrons. The first-order valence-electron chi connectivity index (χ1n) is 8.31. The van der Waals surface area contributed by atoms with Crippen molar-refractivity contribution in [2.24, 2.45) is 0 Å². The van der Waals surface area contributed by atoms with E-state index in [1.807, 2.05) is 0 Å². The fourth-order valence-electron chi connectivity index (χ4n) is 2.28. The molecule has 138 valence electrons. The Bertz CT molecular complexity index is 727. The van der Waals surface area contributed by atoms with Gasteiger partial charge >= 0.3 is 6.03 Å². The van der Waals surface area contributed by atoms with Crippen molar-refractivity contribution in [3.63, 3.8) is 0 Å². The van der Waals surface area contributed by atoms with Crippen LogP contribution in [0.15, 0.2) is 29.2 Å². The maximum absolute atomic E-state index is 12.5. The highest BCUT2D eigenvalue weighted by atomic mass is 32.2. The SMILES string of the molecule is CCN(CC)S(=O)(=O)c1cccc(NCC(=O)NC(=O)NC2CC2)c1. The van der Waals surface area contributed by atoms with Gasteiger partial charge < -0.3 is 10.6 Å². The normalized spacial score (nSPS) is 14.2. The van der Waals surface area contributed by atoms with E-state index in [1.165, 1.54) is 16.4 Å². The summed E-state index contributed by atoms with van der Waals surface area (Å²) >= 11 is 0. The third-order valence-corrected chi connectivity index (χ3v) is 5.84. The Morgan fingerprint density at radius 2 is 1.88 bits per heavy atom. The number of carbonyl (C=O) groups excluding carboxylic acids is 2. The molecule has 1 fully saturated rings. The number of benzene rings is 1. The van der Waals surface area contributed by atoms with Gasteiger partial charge in [0.1, 0.15) is 0 Å². The van der Waals surface area contributed by atoms with Crippen LogP contribution in [0.1, 0.15) is 26.7 Å². The molecule has 1 aromatic rings. The summed E-state index contributed by atoms with van der Waals surface area (Å²) in [5, 5.41) is 7.71. The fourth-order valence-corrected chi connectivity index (χ4v) is 3.79. The maximum atomic E-state index is 12.5. The van der Waals surface area contributed by atoms with E-state index in [2.05, 4.69) is 16.0 Å². The number of nitrogens with zero attached hydrogens (tertiary/aromatic N) is 1. The summed E-state index contributed by atoms with van der Waals surface area (Å²) in [4.78, 5) is 23.4. The first-order valence-corrected chi connectivity index (χ1v) is 9.75. The lowest BCUT2D eigenvalue weighted by molar-refractivity contribution is -0.118. The van der Waals surface area contributed by atoms with Crippen LogP contribution >= 0.6 is 0 Å². The van der Waals surface area contributed by atoms with Gasteiger partial charge in [-0.1, -0.05) is 19.9 Å². The van der Waals surface area contributed by atoms with Gasteiger partial charge in [0.05, 0.1) is 11.4 Å². The molecule has 0 saturated heterocycles. The molecule has 1 aliphatic rings. The van der Waals surface area contributed by atoms with E-state index in [0.29, 0.717) is 18.8 Å². The van der Waals surface area contributed by atoms with E-state index in [4.69, 9.17) is 0 Å². The molecule has 0 spiro atoms. The summed E-state index contributed by atoms with van der Waals surface area (Å²) in [7, 11) is -3.56. The zero-order valence-electron chi connectivity index (χ0n) is 14.4. The predicted molar refractivity (Wildman–Crippen MR) is 94.7 cm³/mol. The van der Waals surface area contributed by atoms with Gasteiger partial charge in [0.25, 0.3) is 0 Å². The number of sulfonamides is 1. The number of anilines is 1. The van der Waals surface area contributed by atoms with Crippen LogP contribution in [0.5, 0.6) is 0 Å². The highest BCUT2D eigenvalue weighted by molar-refractivity contribution is 7.89. The van der Waals surface area contributed by atoms with E-state index < -0.39 is 22.0 Å². The fraction of sp³-hybridized carbons (Fsp3) is 0.500. The van der Waals surface area contributed by atoms with Gasteiger partial charge in [0.2, 0.25) is 15.9 Å². The molecule has 0 aliphatic heterocycles. The molecule has 0 heterocycles. The molecule has 0 bridgehead atoms. The Kier molecular flexibility index (Phi) is 6.38. The minimum atomic E-state index is -3.56. The summed E-state index contributed by atoms with van der Waals surface area (Å²) in [6.07, 6.45) is 1.88. The number of carbonyl (C=O) groups is 2. The van der Waals surface area contributed by atoms with Gasteiger partial charge in [-0.2, -0.15) is 4.31 Å². The molecular weight excluding hydrogens is 344 g/mol. The van der Waals surface area contributed by atoms with Crippen LogP contribution < -0.4 is 16.0 Å². The first-order chi connectivity index (χ1) is 11.9. The van der Waals surface area contributed by atoms with Crippen LogP contribution in [0.25, 0.3) is 0 Å². The molecule has 0 unspecified atom stereocenters. The van der Waals surface area contributed by atoms with Gasteiger partial charge in [-0.15, -0.1) is 0 Å². The molecule has 1 aromatic carbocycles. The average molecular weight is 368 g/mol. The molecule has 9 heteroatoms. The highest BCUT2D eigenvalue weighted by Crippen LogP contribution is 2.19. The number of hydrogen-bond donors (Lipinski definition) is 3. The van der Waals surface area contributed by atoms with Crippen molar-refractivity contribution in [2.45, 2.75) is 37.6 Å². The molecule has 1 aliphatic carbocycles. The van der Waals surface area contributed by atoms with Crippen LogP contribution in [0.2, 0.25) is 0 Å². The third-order valence-electron chi connectivity index (χ3n) is 3.80. The predicted octanol–water partition coefficient (Wildman–Crippen LogP) is 1.12. The standard InChI is InChI=1S/C16H24N4O4S/c1-3-20(4-2)25(23,24)14-7-5-6-13(10-14)17-11-15(21)19-16(22)18-12-8-9-12/h5-7,10,12,17H,3-4,8-9,11H2,1-2H3,(H2,18,19,21,22). The van der Waals surface area contributed by atoms with Crippen molar-refractivity contribution in [2.75, 3.05) is 25.0 Å². The zero-order chi connectivity index (χ0) is 18.4. The third kappa shape index (κ3) is 5.43. The molecule has 2 rings (SSSR count). The molecule has 1 saturated carbocycles. The highest BCUT2D eigenvalue weighted by Gasteiger charge is 2.24. The van der Waals surface area contributed by atoms with Crippen LogP contribution in [-0.2, 0) is 14.8 Å². The summed E-state index contributed by atoms with van der Waals surface area (Å²) < 4.78 is 26.4. The van der Waals surface area contributed by atoms with Crippen LogP contribution in [0.4, 0.5) is 10.5 Å². The minimum absolute atomic E-state index is 0.132. The Morgan fingerprint density at radius 3 is 2.48 bits per heavy atom. The van der Waals surface area contributed by atoms with Crippen LogP contribution in [-0.4, -0.2) is 50.3 Å².